The highest BCUT2D eigenvalue weighted by atomic mass is 16.5. The number of benzene rings is 2. The Bertz CT molecular complexity index is 590. The number of methoxy groups -OCH3 is 1. The molecule has 1 N–H and O–H groups in total. The number of ether oxygens (including phenoxy) is 1. The number of hydrazone groups is 1. The van der Waals surface area contributed by atoms with Crippen molar-refractivity contribution >= 4 is 6.21 Å². The normalized spacial score (nSPS) is 16.6. The third-order valence-corrected chi connectivity index (χ3v) is 3.40. The first-order valence-electron chi connectivity index (χ1n) is 6.37. The van der Waals surface area contributed by atoms with Crippen LogP contribution in [0.15, 0.2) is 53.6 Å². The van der Waals surface area contributed by atoms with E-state index in [0.29, 0.717) is 0 Å². The Balaban J connectivity index is 1.82. The fourth-order valence-electron chi connectivity index (χ4n) is 2.37. The molecule has 2 aromatic carbocycles. The molecule has 0 aliphatic carbocycles. The summed E-state index contributed by atoms with van der Waals surface area (Å²) in [5.74, 6) is 0.888. The molecule has 0 spiro atoms. The summed E-state index contributed by atoms with van der Waals surface area (Å²) in [6.45, 7) is 0. The van der Waals surface area contributed by atoms with Crippen molar-refractivity contribution in [3.05, 3.63) is 65.2 Å². The summed E-state index contributed by atoms with van der Waals surface area (Å²) in [6, 6.07) is 16.8. The number of nitrogens with one attached hydrogen (secondary N) is 1. The molecule has 0 bridgehead atoms. The van der Waals surface area contributed by atoms with Crippen LogP contribution in [-0.4, -0.2) is 13.3 Å². The molecular weight excluding hydrogens is 236 g/mol. The molecule has 3 nitrogen and oxygen atoms in total. The minimum atomic E-state index is 0.231. The molecule has 19 heavy (non-hydrogen) atoms. The first-order valence-corrected chi connectivity index (χ1v) is 6.37. The minimum Gasteiger partial charge on any atom is -0.497 e. The number of nitrogens with zero attached hydrogens (tertiary/aromatic N) is 1. The van der Waals surface area contributed by atoms with Crippen LogP contribution >= 0.6 is 0 Å². The topological polar surface area (TPSA) is 33.6 Å². The Kier molecular flexibility index (Phi) is 3.19. The van der Waals surface area contributed by atoms with E-state index in [1.54, 1.807) is 7.11 Å². The summed E-state index contributed by atoms with van der Waals surface area (Å²) in [5.41, 5.74) is 6.95. The van der Waals surface area contributed by atoms with Gasteiger partial charge < -0.3 is 10.2 Å². The number of rotatable bonds is 3. The summed E-state index contributed by atoms with van der Waals surface area (Å²) < 4.78 is 5.18. The van der Waals surface area contributed by atoms with Gasteiger partial charge in [0.05, 0.1) is 19.4 Å². The van der Waals surface area contributed by atoms with Crippen LogP contribution in [-0.2, 0) is 6.42 Å². The second-order valence-corrected chi connectivity index (χ2v) is 4.62. The van der Waals surface area contributed by atoms with E-state index in [1.165, 1.54) is 16.7 Å². The fourth-order valence-corrected chi connectivity index (χ4v) is 2.37. The maximum absolute atomic E-state index is 5.18. The average molecular weight is 252 g/mol. The van der Waals surface area contributed by atoms with Gasteiger partial charge in [0.25, 0.3) is 0 Å². The Labute approximate surface area is 112 Å². The maximum Gasteiger partial charge on any atom is 0.118 e. The van der Waals surface area contributed by atoms with Crippen LogP contribution in [0.4, 0.5) is 0 Å². The van der Waals surface area contributed by atoms with Crippen molar-refractivity contribution < 1.29 is 4.74 Å². The van der Waals surface area contributed by atoms with Crippen LogP contribution < -0.4 is 10.2 Å². The lowest BCUT2D eigenvalue weighted by molar-refractivity contribution is 0.414. The van der Waals surface area contributed by atoms with E-state index in [-0.39, 0.29) is 6.04 Å². The molecule has 0 fully saturated rings. The summed E-state index contributed by atoms with van der Waals surface area (Å²) in [5, 5.41) is 4.23. The molecule has 0 aromatic heterocycles. The van der Waals surface area contributed by atoms with Crippen molar-refractivity contribution in [2.45, 2.75) is 12.5 Å². The van der Waals surface area contributed by atoms with Gasteiger partial charge in [-0.05, 0) is 35.2 Å². The second-order valence-electron chi connectivity index (χ2n) is 4.62. The lowest BCUT2D eigenvalue weighted by atomic mass is 9.95. The van der Waals surface area contributed by atoms with E-state index >= 15 is 0 Å². The monoisotopic (exact) mass is 252 g/mol. The van der Waals surface area contributed by atoms with E-state index in [1.807, 2.05) is 24.4 Å². The minimum absolute atomic E-state index is 0.231. The molecule has 0 amide bonds. The molecule has 1 heterocycles. The first-order chi connectivity index (χ1) is 9.36. The van der Waals surface area contributed by atoms with Crippen molar-refractivity contribution in [3.63, 3.8) is 0 Å². The smallest absolute Gasteiger partial charge is 0.118 e. The van der Waals surface area contributed by atoms with Gasteiger partial charge >= 0.3 is 0 Å². The maximum atomic E-state index is 5.18. The van der Waals surface area contributed by atoms with E-state index in [9.17, 15) is 0 Å². The molecule has 96 valence electrons. The standard InChI is InChI=1S/C16H16N2O/c1-19-14-8-6-12(7-9-14)10-16-15-5-3-2-4-13(15)11-17-18-16/h2-9,11,16,18H,10H2,1H3. The quantitative estimate of drug-likeness (QED) is 0.911. The Hall–Kier alpha value is -2.29. The lowest BCUT2D eigenvalue weighted by Gasteiger charge is -2.22. The Morgan fingerprint density at radius 2 is 1.89 bits per heavy atom. The average Bonchev–Trinajstić information content (AvgIpc) is 2.48. The van der Waals surface area contributed by atoms with Gasteiger partial charge in [0.2, 0.25) is 0 Å². The van der Waals surface area contributed by atoms with Gasteiger partial charge in [0.15, 0.2) is 0 Å². The van der Waals surface area contributed by atoms with Crippen molar-refractivity contribution in [3.8, 4) is 5.75 Å². The van der Waals surface area contributed by atoms with Gasteiger partial charge in [-0.3, -0.25) is 0 Å². The van der Waals surface area contributed by atoms with E-state index in [4.69, 9.17) is 4.74 Å². The van der Waals surface area contributed by atoms with E-state index in [2.05, 4.69) is 40.9 Å². The van der Waals surface area contributed by atoms with Gasteiger partial charge in [-0.1, -0.05) is 36.4 Å². The number of hydrogen-bond acceptors (Lipinski definition) is 3. The Morgan fingerprint density at radius 1 is 1.11 bits per heavy atom. The molecule has 0 saturated heterocycles. The highest BCUT2D eigenvalue weighted by Crippen LogP contribution is 2.24. The van der Waals surface area contributed by atoms with Crippen LogP contribution in [0.2, 0.25) is 0 Å². The Morgan fingerprint density at radius 3 is 2.68 bits per heavy atom. The molecule has 3 heteroatoms. The van der Waals surface area contributed by atoms with Crippen LogP contribution in [0.25, 0.3) is 0 Å². The predicted octanol–water partition coefficient (Wildman–Crippen LogP) is 2.92. The molecule has 0 saturated carbocycles. The third-order valence-electron chi connectivity index (χ3n) is 3.40. The zero-order chi connectivity index (χ0) is 13.1. The third kappa shape index (κ3) is 2.45. The molecule has 1 aliphatic rings. The highest BCUT2D eigenvalue weighted by molar-refractivity contribution is 5.82. The SMILES string of the molecule is COc1ccc(CC2NN=Cc3ccccc32)cc1. The predicted molar refractivity (Wildman–Crippen MR) is 76.6 cm³/mol. The van der Waals surface area contributed by atoms with Crippen molar-refractivity contribution in [1.29, 1.82) is 0 Å². The molecule has 1 atom stereocenters. The van der Waals surface area contributed by atoms with E-state index < -0.39 is 0 Å². The van der Waals surface area contributed by atoms with Gasteiger partial charge in [0.1, 0.15) is 5.75 Å². The summed E-state index contributed by atoms with van der Waals surface area (Å²) >= 11 is 0. The van der Waals surface area contributed by atoms with Crippen LogP contribution in [0, 0.1) is 0 Å². The van der Waals surface area contributed by atoms with Gasteiger partial charge in [-0.25, -0.2) is 0 Å². The van der Waals surface area contributed by atoms with Crippen LogP contribution in [0.5, 0.6) is 5.75 Å². The largest absolute Gasteiger partial charge is 0.497 e. The molecule has 1 unspecified atom stereocenters. The summed E-state index contributed by atoms with van der Waals surface area (Å²) in [7, 11) is 1.68. The zero-order valence-electron chi connectivity index (χ0n) is 10.8. The van der Waals surface area contributed by atoms with Gasteiger partial charge in [-0.2, -0.15) is 5.10 Å². The van der Waals surface area contributed by atoms with Gasteiger partial charge in [0, 0.05) is 0 Å². The van der Waals surface area contributed by atoms with Crippen molar-refractivity contribution in [2.75, 3.05) is 7.11 Å². The highest BCUT2D eigenvalue weighted by Gasteiger charge is 2.17. The fraction of sp³-hybridized carbons (Fsp3) is 0.188. The van der Waals surface area contributed by atoms with Crippen molar-refractivity contribution in [2.24, 2.45) is 5.10 Å². The molecule has 1 aliphatic heterocycles. The van der Waals surface area contributed by atoms with Crippen LogP contribution in [0.1, 0.15) is 22.7 Å². The second kappa shape index (κ2) is 5.14. The zero-order valence-corrected chi connectivity index (χ0v) is 10.8. The number of fused-ring (bicyclic) bond motifs is 1. The first kappa shape index (κ1) is 11.8. The van der Waals surface area contributed by atoms with Crippen LogP contribution in [0.3, 0.4) is 0 Å². The summed E-state index contributed by atoms with van der Waals surface area (Å²) in [6.07, 6.45) is 2.79. The molecule has 0 radical (unpaired) electrons. The van der Waals surface area contributed by atoms with Crippen molar-refractivity contribution in [1.82, 2.24) is 5.43 Å². The lowest BCUT2D eigenvalue weighted by Crippen LogP contribution is -2.23. The van der Waals surface area contributed by atoms with Gasteiger partial charge in [-0.15, -0.1) is 0 Å². The number of hydrogen-bond donors (Lipinski definition) is 1. The molecular formula is C16H16N2O. The summed E-state index contributed by atoms with van der Waals surface area (Å²) in [4.78, 5) is 0. The van der Waals surface area contributed by atoms with E-state index in [0.717, 1.165) is 12.2 Å². The molecule has 2 aromatic rings. The molecule has 3 rings (SSSR count).